The third-order valence-electron chi connectivity index (χ3n) is 5.11. The SMILES string of the molecule is O=C(CBr)NCCNC(=O)C(CCNC(=S)CC(=O)c1ccccc1)NC(=S)CC(=O)c1ccccc1. The van der Waals surface area contributed by atoms with Crippen molar-refractivity contribution in [3.05, 3.63) is 71.8 Å². The zero-order valence-electron chi connectivity index (χ0n) is 20.1. The first-order valence-corrected chi connectivity index (χ1v) is 13.6. The predicted molar refractivity (Wildman–Crippen MR) is 155 cm³/mol. The maximum absolute atomic E-state index is 12.8. The lowest BCUT2D eigenvalue weighted by molar-refractivity contribution is -0.123. The number of carbonyl (C=O) groups is 4. The third kappa shape index (κ3) is 11.7. The standard InChI is InChI=1S/C26H29BrN4O4S2/c27-17-23(34)28-13-14-30-26(35)20(31-25(37)16-22(33)19-9-5-2-6-10-19)11-12-29-24(36)15-21(32)18-7-3-1-4-8-18/h1-10,20H,11-17H2,(H,28,34)(H,29,36)(H,30,35)(H,31,37). The maximum atomic E-state index is 12.8. The predicted octanol–water partition coefficient (Wildman–Crippen LogP) is 2.75. The normalized spacial score (nSPS) is 11.1. The fourth-order valence-electron chi connectivity index (χ4n) is 3.23. The average molecular weight is 606 g/mol. The first kappa shape index (κ1) is 30.2. The summed E-state index contributed by atoms with van der Waals surface area (Å²) in [6.07, 6.45) is 0.307. The molecule has 0 aliphatic heterocycles. The van der Waals surface area contributed by atoms with Crippen molar-refractivity contribution in [3.63, 3.8) is 0 Å². The van der Waals surface area contributed by atoms with Crippen LogP contribution in [0, 0.1) is 0 Å². The third-order valence-corrected chi connectivity index (χ3v) is 6.17. The Hall–Kier alpha value is -3.02. The number of nitrogens with one attached hydrogen (secondary N) is 4. The highest BCUT2D eigenvalue weighted by atomic mass is 79.9. The van der Waals surface area contributed by atoms with Crippen LogP contribution < -0.4 is 21.3 Å². The number of alkyl halides is 1. The molecule has 2 rings (SSSR count). The van der Waals surface area contributed by atoms with Crippen molar-refractivity contribution < 1.29 is 19.2 Å². The number of hydrogen-bond acceptors (Lipinski definition) is 6. The number of benzene rings is 2. The van der Waals surface area contributed by atoms with Gasteiger partial charge in [-0.2, -0.15) is 0 Å². The molecule has 2 aromatic rings. The van der Waals surface area contributed by atoms with E-state index in [1.54, 1.807) is 48.5 Å². The largest absolute Gasteiger partial charge is 0.379 e. The molecule has 8 nitrogen and oxygen atoms in total. The summed E-state index contributed by atoms with van der Waals surface area (Å²) < 4.78 is 0. The molecule has 0 aliphatic rings. The number of carbonyl (C=O) groups excluding carboxylic acids is 4. The molecule has 2 aromatic carbocycles. The van der Waals surface area contributed by atoms with Crippen molar-refractivity contribution in [2.45, 2.75) is 25.3 Å². The van der Waals surface area contributed by atoms with Gasteiger partial charge in [0.1, 0.15) is 6.04 Å². The Morgan fingerprint density at radius 2 is 1.22 bits per heavy atom. The minimum Gasteiger partial charge on any atom is -0.379 e. The zero-order chi connectivity index (χ0) is 27.0. The first-order valence-electron chi connectivity index (χ1n) is 11.6. The summed E-state index contributed by atoms with van der Waals surface area (Å²) in [4.78, 5) is 49.6. The van der Waals surface area contributed by atoms with Gasteiger partial charge < -0.3 is 21.3 Å². The molecular formula is C26H29BrN4O4S2. The van der Waals surface area contributed by atoms with E-state index in [1.807, 2.05) is 12.1 Å². The van der Waals surface area contributed by atoms with E-state index >= 15 is 0 Å². The van der Waals surface area contributed by atoms with Gasteiger partial charge in [-0.1, -0.05) is 101 Å². The van der Waals surface area contributed by atoms with E-state index in [1.165, 1.54) is 0 Å². The van der Waals surface area contributed by atoms with E-state index in [0.29, 0.717) is 29.1 Å². The van der Waals surface area contributed by atoms with Crippen LogP contribution in [0.2, 0.25) is 0 Å². The van der Waals surface area contributed by atoms with Gasteiger partial charge in [0.15, 0.2) is 11.6 Å². The van der Waals surface area contributed by atoms with E-state index in [4.69, 9.17) is 24.4 Å². The number of amides is 2. The van der Waals surface area contributed by atoms with Gasteiger partial charge in [0.25, 0.3) is 0 Å². The minimum atomic E-state index is -0.747. The molecule has 11 heteroatoms. The van der Waals surface area contributed by atoms with E-state index < -0.39 is 6.04 Å². The Bertz CT molecular complexity index is 1100. The van der Waals surface area contributed by atoms with Crippen LogP contribution in [0.1, 0.15) is 40.0 Å². The quantitative estimate of drug-likeness (QED) is 0.106. The van der Waals surface area contributed by atoms with Crippen LogP contribution in [0.3, 0.4) is 0 Å². The number of ketones is 2. The molecule has 1 unspecified atom stereocenters. The number of hydrogen-bond donors (Lipinski definition) is 4. The Labute approximate surface area is 235 Å². The second-order valence-electron chi connectivity index (χ2n) is 7.97. The average Bonchev–Trinajstić information content (AvgIpc) is 2.91. The molecule has 0 radical (unpaired) electrons. The highest BCUT2D eigenvalue weighted by molar-refractivity contribution is 9.09. The van der Waals surface area contributed by atoms with Crippen LogP contribution in [0.25, 0.3) is 0 Å². The second-order valence-corrected chi connectivity index (χ2v) is 9.51. The van der Waals surface area contributed by atoms with Crippen molar-refractivity contribution in [1.82, 2.24) is 21.3 Å². The van der Waals surface area contributed by atoms with Crippen LogP contribution >= 0.6 is 40.4 Å². The Balaban J connectivity index is 1.90. The van der Waals surface area contributed by atoms with E-state index in [0.717, 1.165) is 0 Å². The van der Waals surface area contributed by atoms with E-state index in [9.17, 15) is 19.2 Å². The molecule has 2 amide bonds. The number of halogens is 1. The van der Waals surface area contributed by atoms with Gasteiger partial charge in [-0.25, -0.2) is 0 Å². The van der Waals surface area contributed by atoms with Gasteiger partial charge in [-0.15, -0.1) is 0 Å². The number of Topliss-reactive ketones (excluding diaryl/α,β-unsaturated/α-hetero) is 2. The van der Waals surface area contributed by atoms with Crippen LogP contribution in [0.15, 0.2) is 60.7 Å². The Kier molecular flexibility index (Phi) is 13.6. The summed E-state index contributed by atoms with van der Waals surface area (Å²) >= 11 is 13.7. The fourth-order valence-corrected chi connectivity index (χ4v) is 3.94. The summed E-state index contributed by atoms with van der Waals surface area (Å²) in [5.41, 5.74) is 1.11. The minimum absolute atomic E-state index is 0.0398. The molecule has 0 heterocycles. The fraction of sp³-hybridized carbons (Fsp3) is 0.308. The number of thiocarbonyl (C=S) groups is 2. The van der Waals surface area contributed by atoms with Crippen molar-refractivity contribution in [2.75, 3.05) is 25.0 Å². The van der Waals surface area contributed by atoms with Gasteiger partial charge in [0.2, 0.25) is 11.8 Å². The molecule has 0 saturated heterocycles. The van der Waals surface area contributed by atoms with Crippen molar-refractivity contribution in [2.24, 2.45) is 0 Å². The lowest BCUT2D eigenvalue weighted by Gasteiger charge is -2.20. The van der Waals surface area contributed by atoms with E-state index in [2.05, 4.69) is 37.2 Å². The topological polar surface area (TPSA) is 116 Å². The zero-order valence-corrected chi connectivity index (χ0v) is 23.3. The second kappa shape index (κ2) is 16.7. The molecule has 0 saturated carbocycles. The molecule has 0 fully saturated rings. The molecule has 37 heavy (non-hydrogen) atoms. The van der Waals surface area contributed by atoms with Crippen molar-refractivity contribution >= 4 is 73.7 Å². The van der Waals surface area contributed by atoms with Gasteiger partial charge in [-0.05, 0) is 6.42 Å². The molecule has 4 N–H and O–H groups in total. The molecule has 0 bridgehead atoms. The van der Waals surface area contributed by atoms with Gasteiger partial charge in [-0.3, -0.25) is 19.2 Å². The van der Waals surface area contributed by atoms with Crippen molar-refractivity contribution in [3.8, 4) is 0 Å². The summed E-state index contributed by atoms with van der Waals surface area (Å²) in [5.74, 6) is -0.784. The molecule has 196 valence electrons. The molecule has 0 spiro atoms. The van der Waals surface area contributed by atoms with Gasteiger partial charge in [0.05, 0.1) is 28.1 Å². The lowest BCUT2D eigenvalue weighted by atomic mass is 10.1. The Morgan fingerprint density at radius 3 is 1.76 bits per heavy atom. The molecule has 0 aliphatic carbocycles. The van der Waals surface area contributed by atoms with Crippen LogP contribution in [0.4, 0.5) is 0 Å². The first-order chi connectivity index (χ1) is 17.8. The maximum Gasteiger partial charge on any atom is 0.242 e. The van der Waals surface area contributed by atoms with Crippen molar-refractivity contribution in [1.29, 1.82) is 0 Å². The molecule has 1 atom stereocenters. The molecular weight excluding hydrogens is 576 g/mol. The monoisotopic (exact) mass is 604 g/mol. The lowest BCUT2D eigenvalue weighted by Crippen LogP contribution is -2.49. The summed E-state index contributed by atoms with van der Waals surface area (Å²) in [6, 6.07) is 16.9. The van der Waals surface area contributed by atoms with Crippen LogP contribution in [-0.4, -0.2) is 64.4 Å². The highest BCUT2D eigenvalue weighted by Gasteiger charge is 2.21. The summed E-state index contributed by atoms with van der Waals surface area (Å²) in [5, 5.41) is 11.6. The van der Waals surface area contributed by atoms with Gasteiger partial charge in [0, 0.05) is 30.8 Å². The Morgan fingerprint density at radius 1 is 0.703 bits per heavy atom. The summed E-state index contributed by atoms with van der Waals surface area (Å²) in [7, 11) is 0. The van der Waals surface area contributed by atoms with E-state index in [-0.39, 0.29) is 59.6 Å². The molecule has 0 aromatic heterocycles. The highest BCUT2D eigenvalue weighted by Crippen LogP contribution is 2.06. The van der Waals surface area contributed by atoms with Gasteiger partial charge >= 0.3 is 0 Å². The van der Waals surface area contributed by atoms with Crippen LogP contribution in [-0.2, 0) is 9.59 Å². The summed E-state index contributed by atoms with van der Waals surface area (Å²) in [6.45, 7) is 0.800. The van der Waals surface area contributed by atoms with Crippen LogP contribution in [0.5, 0.6) is 0 Å². The smallest absolute Gasteiger partial charge is 0.242 e. The number of rotatable bonds is 15.